The lowest BCUT2D eigenvalue weighted by atomic mass is 10.2. The van der Waals surface area contributed by atoms with Gasteiger partial charge in [0.15, 0.2) is 6.61 Å². The maximum absolute atomic E-state index is 10.7. The number of carboxylic acid groups (broad SMARTS) is 2. The topological polar surface area (TPSA) is 130 Å². The van der Waals surface area contributed by atoms with E-state index in [0.717, 1.165) is 5.56 Å². The van der Waals surface area contributed by atoms with Crippen molar-refractivity contribution in [3.63, 3.8) is 0 Å². The summed E-state index contributed by atoms with van der Waals surface area (Å²) < 4.78 is 5.08. The predicted molar refractivity (Wildman–Crippen MR) is 71.7 cm³/mol. The minimum absolute atomic E-state index is 0.175. The van der Waals surface area contributed by atoms with Crippen LogP contribution >= 0.6 is 0 Å². The van der Waals surface area contributed by atoms with E-state index in [1.165, 1.54) is 4.90 Å². The van der Waals surface area contributed by atoms with E-state index in [0.29, 0.717) is 5.75 Å². The van der Waals surface area contributed by atoms with E-state index in [4.69, 9.17) is 20.7 Å². The molecule has 0 aromatic heterocycles. The summed E-state index contributed by atoms with van der Waals surface area (Å²) >= 11 is 0. The van der Waals surface area contributed by atoms with Crippen LogP contribution in [0.1, 0.15) is 5.56 Å². The van der Waals surface area contributed by atoms with Crippen LogP contribution in [0.3, 0.4) is 0 Å². The zero-order valence-electron chi connectivity index (χ0n) is 11.2. The molecule has 0 spiro atoms. The van der Waals surface area contributed by atoms with E-state index in [1.54, 1.807) is 24.3 Å². The summed E-state index contributed by atoms with van der Waals surface area (Å²) in [6, 6.07) is 6.51. The van der Waals surface area contributed by atoms with Gasteiger partial charge in [-0.3, -0.25) is 19.3 Å². The number of amides is 1. The lowest BCUT2D eigenvalue weighted by Gasteiger charge is -2.18. The third-order valence-corrected chi connectivity index (χ3v) is 2.43. The monoisotopic (exact) mass is 296 g/mol. The van der Waals surface area contributed by atoms with Crippen LogP contribution in [0, 0.1) is 0 Å². The number of carbonyl (C=O) groups excluding carboxylic acids is 1. The van der Waals surface area contributed by atoms with Gasteiger partial charge in [-0.25, -0.2) is 0 Å². The maximum Gasteiger partial charge on any atom is 0.317 e. The largest absolute Gasteiger partial charge is 0.484 e. The first-order chi connectivity index (χ1) is 9.86. The Kier molecular flexibility index (Phi) is 6.15. The predicted octanol–water partition coefficient (Wildman–Crippen LogP) is -0.478. The van der Waals surface area contributed by atoms with Crippen molar-refractivity contribution in [2.75, 3.05) is 19.7 Å². The van der Waals surface area contributed by atoms with Gasteiger partial charge in [-0.2, -0.15) is 0 Å². The molecule has 1 rings (SSSR count). The molecule has 114 valence electrons. The molecule has 0 saturated heterocycles. The second kappa shape index (κ2) is 7.85. The summed E-state index contributed by atoms with van der Waals surface area (Å²) in [5.41, 5.74) is 5.67. The van der Waals surface area contributed by atoms with Gasteiger partial charge >= 0.3 is 11.9 Å². The van der Waals surface area contributed by atoms with E-state index in [1.807, 2.05) is 0 Å². The van der Waals surface area contributed by atoms with Gasteiger partial charge in [-0.05, 0) is 17.7 Å². The Balaban J connectivity index is 2.64. The smallest absolute Gasteiger partial charge is 0.317 e. The van der Waals surface area contributed by atoms with Crippen LogP contribution in [-0.2, 0) is 20.9 Å². The first-order valence-corrected chi connectivity index (χ1v) is 6.03. The number of primary amides is 1. The minimum Gasteiger partial charge on any atom is -0.484 e. The fourth-order valence-electron chi connectivity index (χ4n) is 1.65. The van der Waals surface area contributed by atoms with Crippen LogP contribution < -0.4 is 10.5 Å². The zero-order chi connectivity index (χ0) is 15.8. The molecule has 8 heteroatoms. The van der Waals surface area contributed by atoms with E-state index in [2.05, 4.69) is 0 Å². The van der Waals surface area contributed by atoms with Gasteiger partial charge in [-0.1, -0.05) is 12.1 Å². The molecular weight excluding hydrogens is 280 g/mol. The average molecular weight is 296 g/mol. The third kappa shape index (κ3) is 6.92. The average Bonchev–Trinajstić information content (AvgIpc) is 2.36. The number of nitrogens with two attached hydrogens (primary N) is 1. The van der Waals surface area contributed by atoms with Crippen LogP contribution in [0.4, 0.5) is 0 Å². The molecule has 0 radical (unpaired) electrons. The maximum atomic E-state index is 10.7. The molecule has 4 N–H and O–H groups in total. The van der Waals surface area contributed by atoms with Crippen LogP contribution in [0.5, 0.6) is 5.75 Å². The quantitative estimate of drug-likeness (QED) is 0.561. The first-order valence-electron chi connectivity index (χ1n) is 6.03. The van der Waals surface area contributed by atoms with Crippen molar-refractivity contribution in [2.24, 2.45) is 5.73 Å². The van der Waals surface area contributed by atoms with Crippen molar-refractivity contribution in [3.05, 3.63) is 29.8 Å². The standard InChI is InChI=1S/C13H16N2O6/c14-11(16)8-21-10-3-1-9(2-4-10)5-15(6-12(17)18)7-13(19)20/h1-4H,5-8H2,(H2,14,16)(H,17,18)(H,19,20). The van der Waals surface area contributed by atoms with Gasteiger partial charge in [0.1, 0.15) is 5.75 Å². The second-order valence-corrected chi connectivity index (χ2v) is 4.33. The van der Waals surface area contributed by atoms with Gasteiger partial charge in [-0.15, -0.1) is 0 Å². The number of nitrogens with zero attached hydrogens (tertiary/aromatic N) is 1. The Morgan fingerprint density at radius 3 is 2.00 bits per heavy atom. The summed E-state index contributed by atoms with van der Waals surface area (Å²) in [7, 11) is 0. The number of carboxylic acids is 2. The summed E-state index contributed by atoms with van der Waals surface area (Å²) in [4.78, 5) is 33.2. The fourth-order valence-corrected chi connectivity index (χ4v) is 1.65. The molecular formula is C13H16N2O6. The van der Waals surface area contributed by atoms with E-state index in [9.17, 15) is 14.4 Å². The molecule has 8 nitrogen and oxygen atoms in total. The molecule has 0 aliphatic carbocycles. The molecule has 0 bridgehead atoms. The van der Waals surface area contributed by atoms with Crippen LogP contribution in [0.2, 0.25) is 0 Å². The summed E-state index contributed by atoms with van der Waals surface area (Å²) in [5.74, 6) is -2.34. The molecule has 0 heterocycles. The lowest BCUT2D eigenvalue weighted by molar-refractivity contribution is -0.142. The number of carbonyl (C=O) groups is 3. The van der Waals surface area contributed by atoms with Crippen molar-refractivity contribution in [3.8, 4) is 5.75 Å². The number of hydrogen-bond acceptors (Lipinski definition) is 5. The van der Waals surface area contributed by atoms with Crippen molar-refractivity contribution in [1.82, 2.24) is 4.90 Å². The van der Waals surface area contributed by atoms with E-state index < -0.39 is 17.8 Å². The highest BCUT2D eigenvalue weighted by Crippen LogP contribution is 2.13. The highest BCUT2D eigenvalue weighted by Gasteiger charge is 2.13. The molecule has 0 atom stereocenters. The van der Waals surface area contributed by atoms with Gasteiger partial charge in [0.25, 0.3) is 5.91 Å². The number of aliphatic carboxylic acids is 2. The molecule has 0 aliphatic heterocycles. The summed E-state index contributed by atoms with van der Waals surface area (Å²) in [6.45, 7) is -0.795. The number of rotatable bonds is 9. The Morgan fingerprint density at radius 1 is 1.05 bits per heavy atom. The molecule has 21 heavy (non-hydrogen) atoms. The van der Waals surface area contributed by atoms with Crippen molar-refractivity contribution in [1.29, 1.82) is 0 Å². The van der Waals surface area contributed by atoms with Gasteiger partial charge in [0.2, 0.25) is 0 Å². The zero-order valence-corrected chi connectivity index (χ0v) is 11.2. The number of benzene rings is 1. The molecule has 1 aromatic rings. The van der Waals surface area contributed by atoms with E-state index >= 15 is 0 Å². The molecule has 0 unspecified atom stereocenters. The Morgan fingerprint density at radius 2 is 1.57 bits per heavy atom. The molecule has 1 amide bonds. The summed E-state index contributed by atoms with van der Waals surface area (Å²) in [5, 5.41) is 17.5. The van der Waals surface area contributed by atoms with Crippen molar-refractivity contribution < 1.29 is 29.3 Å². The number of hydrogen-bond donors (Lipinski definition) is 3. The molecule has 0 fully saturated rings. The minimum atomic E-state index is -1.10. The van der Waals surface area contributed by atoms with Crippen LogP contribution in [0.25, 0.3) is 0 Å². The van der Waals surface area contributed by atoms with Gasteiger partial charge < -0.3 is 20.7 Å². The highest BCUT2D eigenvalue weighted by molar-refractivity contribution is 5.75. The van der Waals surface area contributed by atoms with E-state index in [-0.39, 0.29) is 26.2 Å². The highest BCUT2D eigenvalue weighted by atomic mass is 16.5. The van der Waals surface area contributed by atoms with Gasteiger partial charge in [0.05, 0.1) is 13.1 Å². The van der Waals surface area contributed by atoms with Crippen LogP contribution in [-0.4, -0.2) is 52.7 Å². The third-order valence-electron chi connectivity index (χ3n) is 2.43. The first kappa shape index (κ1) is 16.4. The van der Waals surface area contributed by atoms with Gasteiger partial charge in [0, 0.05) is 6.54 Å². The summed E-state index contributed by atoms with van der Waals surface area (Å²) in [6.07, 6.45) is 0. The lowest BCUT2D eigenvalue weighted by Crippen LogP contribution is -2.33. The molecule has 1 aromatic carbocycles. The Labute approximate surface area is 120 Å². The van der Waals surface area contributed by atoms with Crippen molar-refractivity contribution >= 4 is 17.8 Å². The number of ether oxygens (including phenoxy) is 1. The van der Waals surface area contributed by atoms with Crippen LogP contribution in [0.15, 0.2) is 24.3 Å². The van der Waals surface area contributed by atoms with Crippen molar-refractivity contribution in [2.45, 2.75) is 6.54 Å². The SMILES string of the molecule is NC(=O)COc1ccc(CN(CC(=O)O)CC(=O)O)cc1. The Hall–Kier alpha value is -2.61. The fraction of sp³-hybridized carbons (Fsp3) is 0.308. The second-order valence-electron chi connectivity index (χ2n) is 4.33. The normalized spacial score (nSPS) is 10.3. The Bertz CT molecular complexity index is 498. The molecule has 0 saturated carbocycles. The molecule has 0 aliphatic rings.